The van der Waals surface area contributed by atoms with Crippen molar-refractivity contribution in [2.75, 3.05) is 14.2 Å². The lowest BCUT2D eigenvalue weighted by molar-refractivity contribution is -0.240. The Kier molecular flexibility index (Phi) is 3.10. The minimum absolute atomic E-state index is 0.233. The second-order valence-corrected chi connectivity index (χ2v) is 5.76. The van der Waals surface area contributed by atoms with Gasteiger partial charge in [0, 0.05) is 20.0 Å². The van der Waals surface area contributed by atoms with Crippen LogP contribution in [0.25, 0.3) is 0 Å². The number of rotatable bonds is 2. The number of carbonyl (C=O) groups excluding carboxylic acids is 1. The second-order valence-electron chi connectivity index (χ2n) is 5.76. The van der Waals surface area contributed by atoms with Crippen molar-refractivity contribution in [1.29, 1.82) is 0 Å². The summed E-state index contributed by atoms with van der Waals surface area (Å²) in [7, 11) is 3.07. The van der Waals surface area contributed by atoms with Gasteiger partial charge in [0.25, 0.3) is 0 Å². The maximum absolute atomic E-state index is 12.2. The van der Waals surface area contributed by atoms with E-state index >= 15 is 0 Å². The normalized spacial score (nSPS) is 35.2. The zero-order valence-corrected chi connectivity index (χ0v) is 12.1. The van der Waals surface area contributed by atoms with Gasteiger partial charge in [0.15, 0.2) is 5.79 Å². The first-order chi connectivity index (χ1) is 9.54. The van der Waals surface area contributed by atoms with E-state index in [-0.39, 0.29) is 11.9 Å². The molecule has 2 aliphatic rings. The van der Waals surface area contributed by atoms with E-state index in [1.54, 1.807) is 7.11 Å². The van der Waals surface area contributed by atoms with Gasteiger partial charge in [-0.25, -0.2) is 0 Å². The highest BCUT2D eigenvalue weighted by Gasteiger charge is 2.59. The monoisotopic (exact) mass is 276 g/mol. The molecule has 0 saturated carbocycles. The Hall–Kier alpha value is -1.39. The molecule has 0 N–H and O–H groups in total. The third-order valence-corrected chi connectivity index (χ3v) is 4.76. The van der Waals surface area contributed by atoms with E-state index in [1.165, 1.54) is 12.7 Å². The molecular weight excluding hydrogens is 256 g/mol. The van der Waals surface area contributed by atoms with Gasteiger partial charge < -0.3 is 14.2 Å². The van der Waals surface area contributed by atoms with Gasteiger partial charge in [-0.15, -0.1) is 0 Å². The van der Waals surface area contributed by atoms with Crippen molar-refractivity contribution in [3.63, 3.8) is 0 Å². The smallest absolute Gasteiger partial charge is 0.312 e. The van der Waals surface area contributed by atoms with Crippen LogP contribution >= 0.6 is 0 Å². The molecule has 0 spiro atoms. The first kappa shape index (κ1) is 13.6. The Morgan fingerprint density at radius 1 is 1.35 bits per heavy atom. The van der Waals surface area contributed by atoms with Crippen molar-refractivity contribution >= 4 is 5.97 Å². The Morgan fingerprint density at radius 3 is 2.80 bits per heavy atom. The molecule has 1 aromatic carbocycles. The van der Waals surface area contributed by atoms with Gasteiger partial charge in [-0.05, 0) is 24.5 Å². The third kappa shape index (κ3) is 1.79. The number of carbonyl (C=O) groups is 1. The lowest BCUT2D eigenvalue weighted by Crippen LogP contribution is -2.35. The quantitative estimate of drug-likeness (QED) is 0.778. The molecule has 0 amide bonds. The fourth-order valence-corrected chi connectivity index (χ4v) is 3.63. The molecule has 3 atom stereocenters. The minimum atomic E-state index is -0.688. The average Bonchev–Trinajstić information content (AvgIpc) is 2.72. The molecule has 4 nitrogen and oxygen atoms in total. The van der Waals surface area contributed by atoms with Crippen LogP contribution in [0.4, 0.5) is 0 Å². The number of hydrogen-bond acceptors (Lipinski definition) is 4. The summed E-state index contributed by atoms with van der Waals surface area (Å²) >= 11 is 0. The minimum Gasteiger partial charge on any atom is -0.469 e. The predicted octanol–water partition coefficient (Wildman–Crippen LogP) is 2.40. The van der Waals surface area contributed by atoms with E-state index in [4.69, 9.17) is 14.2 Å². The van der Waals surface area contributed by atoms with Crippen LogP contribution in [-0.4, -0.2) is 26.0 Å². The maximum atomic E-state index is 12.2. The van der Waals surface area contributed by atoms with Crippen molar-refractivity contribution in [2.45, 2.75) is 37.6 Å². The lowest BCUT2D eigenvalue weighted by atomic mass is 9.77. The summed E-state index contributed by atoms with van der Waals surface area (Å²) in [5, 5.41) is 0. The van der Waals surface area contributed by atoms with Crippen LogP contribution in [0.15, 0.2) is 24.3 Å². The average molecular weight is 276 g/mol. The molecule has 0 unspecified atom stereocenters. The summed E-state index contributed by atoms with van der Waals surface area (Å²) in [6.45, 7) is 1.97. The predicted molar refractivity (Wildman–Crippen MR) is 73.1 cm³/mol. The Bertz CT molecular complexity index is 541. The van der Waals surface area contributed by atoms with E-state index < -0.39 is 11.4 Å². The standard InChI is InChI=1S/C16H20O4/c1-15-12-7-5-4-6-11(12)8-9-16(19-3,20-15)10-13(15)14(17)18-2/h4-7,13H,8-10H2,1-3H3/t13-,15-,16+/m0/s1. The van der Waals surface area contributed by atoms with Crippen molar-refractivity contribution in [3.8, 4) is 0 Å². The first-order valence-electron chi connectivity index (χ1n) is 6.96. The molecule has 108 valence electrons. The van der Waals surface area contributed by atoms with Crippen molar-refractivity contribution in [3.05, 3.63) is 35.4 Å². The molecule has 0 aliphatic carbocycles. The molecular formula is C16H20O4. The van der Waals surface area contributed by atoms with Crippen LogP contribution in [0.3, 0.4) is 0 Å². The number of aryl methyl sites for hydroxylation is 1. The van der Waals surface area contributed by atoms with Crippen molar-refractivity contribution in [1.82, 2.24) is 0 Å². The summed E-state index contributed by atoms with van der Waals surface area (Å²) in [4.78, 5) is 12.2. The van der Waals surface area contributed by atoms with Gasteiger partial charge in [-0.3, -0.25) is 4.79 Å². The summed E-state index contributed by atoms with van der Waals surface area (Å²) in [5.41, 5.74) is 1.62. The summed E-state index contributed by atoms with van der Waals surface area (Å²) < 4.78 is 16.9. The molecule has 1 aromatic rings. The Balaban J connectivity index is 2.14. The fourth-order valence-electron chi connectivity index (χ4n) is 3.63. The number of benzene rings is 1. The van der Waals surface area contributed by atoms with Crippen LogP contribution in [0.1, 0.15) is 30.9 Å². The molecule has 2 bridgehead atoms. The lowest BCUT2D eigenvalue weighted by Gasteiger charge is -2.31. The van der Waals surface area contributed by atoms with Gasteiger partial charge in [-0.1, -0.05) is 24.3 Å². The van der Waals surface area contributed by atoms with Crippen molar-refractivity contribution < 1.29 is 19.0 Å². The van der Waals surface area contributed by atoms with Gasteiger partial charge in [0.05, 0.1) is 13.0 Å². The zero-order valence-electron chi connectivity index (χ0n) is 12.1. The molecule has 4 heteroatoms. The molecule has 20 heavy (non-hydrogen) atoms. The Morgan fingerprint density at radius 2 is 2.10 bits per heavy atom. The maximum Gasteiger partial charge on any atom is 0.312 e. The summed E-state index contributed by atoms with van der Waals surface area (Å²) in [6, 6.07) is 8.15. The molecule has 1 saturated heterocycles. The molecule has 2 heterocycles. The van der Waals surface area contributed by atoms with E-state index in [0.29, 0.717) is 6.42 Å². The van der Waals surface area contributed by atoms with Gasteiger partial charge in [-0.2, -0.15) is 0 Å². The van der Waals surface area contributed by atoms with E-state index in [2.05, 4.69) is 6.07 Å². The highest BCUT2D eigenvalue weighted by molar-refractivity contribution is 5.75. The Labute approximate surface area is 119 Å². The van der Waals surface area contributed by atoms with E-state index in [1.807, 2.05) is 25.1 Å². The summed E-state index contributed by atoms with van der Waals surface area (Å²) in [5.74, 6) is -1.26. The second kappa shape index (κ2) is 4.57. The van der Waals surface area contributed by atoms with Gasteiger partial charge in [0.2, 0.25) is 0 Å². The van der Waals surface area contributed by atoms with Crippen molar-refractivity contribution in [2.24, 2.45) is 5.92 Å². The fraction of sp³-hybridized carbons (Fsp3) is 0.562. The largest absolute Gasteiger partial charge is 0.469 e. The number of fused-ring (bicyclic) bond motifs is 4. The first-order valence-corrected chi connectivity index (χ1v) is 6.96. The SMILES string of the molecule is COC(=O)[C@@H]1C[C@@]2(OC)CCc3ccccc3[C@]1(C)O2. The molecule has 3 rings (SSSR count). The van der Waals surface area contributed by atoms with E-state index in [0.717, 1.165) is 18.4 Å². The molecule has 1 fully saturated rings. The number of methoxy groups -OCH3 is 2. The summed E-state index contributed by atoms with van der Waals surface area (Å²) in [6.07, 6.45) is 2.19. The van der Waals surface area contributed by atoms with E-state index in [9.17, 15) is 4.79 Å². The molecule has 2 aliphatic heterocycles. The number of hydrogen-bond donors (Lipinski definition) is 0. The molecule has 0 radical (unpaired) electrons. The van der Waals surface area contributed by atoms with Gasteiger partial charge in [0.1, 0.15) is 5.60 Å². The van der Waals surface area contributed by atoms with Crippen LogP contribution in [0.5, 0.6) is 0 Å². The highest BCUT2D eigenvalue weighted by atomic mass is 16.7. The zero-order chi connectivity index (χ0) is 14.4. The highest BCUT2D eigenvalue weighted by Crippen LogP contribution is 2.54. The number of esters is 1. The van der Waals surface area contributed by atoms with Gasteiger partial charge >= 0.3 is 5.97 Å². The third-order valence-electron chi connectivity index (χ3n) is 4.76. The van der Waals surface area contributed by atoms with Crippen LogP contribution in [0.2, 0.25) is 0 Å². The van der Waals surface area contributed by atoms with Crippen LogP contribution in [0, 0.1) is 5.92 Å². The van der Waals surface area contributed by atoms with Crippen LogP contribution in [-0.2, 0) is 31.0 Å². The van der Waals surface area contributed by atoms with Crippen LogP contribution < -0.4 is 0 Å². The molecule has 0 aromatic heterocycles. The number of ether oxygens (including phenoxy) is 3. The topological polar surface area (TPSA) is 44.8 Å².